The van der Waals surface area contributed by atoms with Crippen LogP contribution in [-0.2, 0) is 48.9 Å². The van der Waals surface area contributed by atoms with Gasteiger partial charge in [0.05, 0.1) is 24.5 Å². The summed E-state index contributed by atoms with van der Waals surface area (Å²) >= 11 is 0. The molecule has 0 aliphatic carbocycles. The van der Waals surface area contributed by atoms with Gasteiger partial charge in [-0.1, -0.05) is 63.8 Å². The molecule has 50 heavy (non-hydrogen) atoms. The zero-order chi connectivity index (χ0) is 35.8. The van der Waals surface area contributed by atoms with Crippen molar-refractivity contribution in [3.63, 3.8) is 0 Å². The van der Waals surface area contributed by atoms with Crippen molar-refractivity contribution < 1.29 is 24.3 Å². The molecule has 2 aliphatic heterocycles. The van der Waals surface area contributed by atoms with Gasteiger partial charge in [-0.3, -0.25) is 9.36 Å². The van der Waals surface area contributed by atoms with Crippen LogP contribution in [0.1, 0.15) is 69.0 Å². The molecule has 2 aromatic carbocycles. The van der Waals surface area contributed by atoms with E-state index in [1.807, 2.05) is 58.0 Å². The van der Waals surface area contributed by atoms with Crippen LogP contribution in [0.5, 0.6) is 0 Å². The van der Waals surface area contributed by atoms with E-state index in [1.54, 1.807) is 31.3 Å². The fourth-order valence-corrected chi connectivity index (χ4v) is 6.24. The van der Waals surface area contributed by atoms with Crippen molar-refractivity contribution in [2.24, 2.45) is 10.9 Å². The maximum absolute atomic E-state index is 12.5. The maximum Gasteiger partial charge on any atom is 0.410 e. The summed E-state index contributed by atoms with van der Waals surface area (Å²) in [6.45, 7) is 12.0. The van der Waals surface area contributed by atoms with Crippen molar-refractivity contribution in [3.05, 3.63) is 105 Å². The van der Waals surface area contributed by atoms with Crippen molar-refractivity contribution in [2.75, 3.05) is 13.1 Å². The molecule has 2 aromatic heterocycles. The first-order valence-corrected chi connectivity index (χ1v) is 16.5. The van der Waals surface area contributed by atoms with Crippen LogP contribution in [0, 0.1) is 39.0 Å². The Bertz CT molecular complexity index is 1880. The smallest absolute Gasteiger partial charge is 0.410 e. The van der Waals surface area contributed by atoms with E-state index in [2.05, 4.69) is 27.5 Å². The molecule has 0 unspecified atom stereocenters. The van der Waals surface area contributed by atoms with E-state index in [9.17, 15) is 9.59 Å². The van der Waals surface area contributed by atoms with E-state index >= 15 is 0 Å². The summed E-state index contributed by atoms with van der Waals surface area (Å²) in [6.07, 6.45) is 0.854. The molecule has 0 saturated carbocycles. The maximum atomic E-state index is 12.5. The lowest BCUT2D eigenvalue weighted by molar-refractivity contribution is 0.0935. The van der Waals surface area contributed by atoms with Gasteiger partial charge in [0.1, 0.15) is 25.0 Å². The van der Waals surface area contributed by atoms with Gasteiger partial charge in [-0.15, -0.1) is 0 Å². The predicted octanol–water partition coefficient (Wildman–Crippen LogP) is 5.05. The minimum Gasteiger partial charge on any atom is -0.445 e. The van der Waals surface area contributed by atoms with Crippen molar-refractivity contribution in [3.8, 4) is 6.07 Å². The number of carbonyl (C=O) groups excluding carboxylic acids is 2. The van der Waals surface area contributed by atoms with Gasteiger partial charge in [-0.05, 0) is 63.8 Å². The molecule has 262 valence electrons. The molecule has 2 aliphatic rings. The number of carbonyl (C=O) groups is 2. The molecular weight excluding hydrogens is 638 g/mol. The fraction of sp³-hybridized carbons (Fsp3) is 0.389. The number of fused-ring (bicyclic) bond motifs is 2. The van der Waals surface area contributed by atoms with Crippen LogP contribution >= 0.6 is 0 Å². The summed E-state index contributed by atoms with van der Waals surface area (Å²) in [5.74, 6) is -0.0467. The quantitative estimate of drug-likeness (QED) is 0.126. The molecule has 3 N–H and O–H groups in total. The second-order valence-corrected chi connectivity index (χ2v) is 12.7. The zero-order valence-electron chi connectivity index (χ0n) is 28.9. The highest BCUT2D eigenvalue weighted by atomic mass is 16.6. The van der Waals surface area contributed by atoms with Crippen LogP contribution in [0.4, 0.5) is 9.59 Å². The number of hydrogen-bond acceptors (Lipinski definition) is 9. The van der Waals surface area contributed by atoms with Crippen molar-refractivity contribution in [1.82, 2.24) is 29.4 Å². The SMILES string of the molecule is Cc1cc(C)cc(COC(=O)N2CCCn3nc(/C(N)=N/O)cc3C2)c1.Cc1cc(C)cc(COC(=O)N2CCCn3nc(C#N)cc3C2)c1. The topological polar surface area (TPSA) is 177 Å². The number of ether oxygens (including phenoxy) is 2. The van der Waals surface area contributed by atoms with E-state index in [0.29, 0.717) is 50.7 Å². The molecule has 0 fully saturated rings. The largest absolute Gasteiger partial charge is 0.445 e. The molecule has 0 saturated heterocycles. The van der Waals surface area contributed by atoms with Gasteiger partial charge in [-0.25, -0.2) is 9.59 Å². The number of aromatic nitrogens is 4. The Balaban J connectivity index is 0.000000195. The van der Waals surface area contributed by atoms with Crippen LogP contribution < -0.4 is 5.73 Å². The van der Waals surface area contributed by atoms with E-state index in [-0.39, 0.29) is 31.2 Å². The van der Waals surface area contributed by atoms with Crippen molar-refractivity contribution in [2.45, 2.75) is 79.9 Å². The molecule has 6 rings (SSSR count). The highest BCUT2D eigenvalue weighted by Crippen LogP contribution is 2.18. The lowest BCUT2D eigenvalue weighted by atomic mass is 10.1. The molecule has 14 nitrogen and oxygen atoms in total. The third kappa shape index (κ3) is 9.19. The van der Waals surface area contributed by atoms with E-state index in [1.165, 1.54) is 0 Å². The minimum absolute atomic E-state index is 0.0467. The lowest BCUT2D eigenvalue weighted by Crippen LogP contribution is -2.31. The summed E-state index contributed by atoms with van der Waals surface area (Å²) in [5.41, 5.74) is 14.6. The van der Waals surface area contributed by atoms with Crippen LogP contribution in [0.15, 0.2) is 53.7 Å². The number of amidine groups is 1. The Morgan fingerprint density at radius 2 is 1.22 bits per heavy atom. The highest BCUT2D eigenvalue weighted by Gasteiger charge is 2.23. The third-order valence-corrected chi connectivity index (χ3v) is 8.32. The van der Waals surface area contributed by atoms with Crippen molar-refractivity contribution >= 4 is 18.0 Å². The number of hydrogen-bond donors (Lipinski definition) is 2. The number of aryl methyl sites for hydroxylation is 6. The second-order valence-electron chi connectivity index (χ2n) is 12.7. The number of amides is 2. The number of nitriles is 1. The third-order valence-electron chi connectivity index (χ3n) is 8.32. The molecule has 0 atom stereocenters. The van der Waals surface area contributed by atoms with Gasteiger partial charge in [0.25, 0.3) is 0 Å². The Labute approximate surface area is 291 Å². The molecule has 0 radical (unpaired) electrons. The van der Waals surface area contributed by atoms with Gasteiger partial charge >= 0.3 is 12.2 Å². The minimum atomic E-state index is -0.357. The number of oxime groups is 1. The van der Waals surface area contributed by atoms with Crippen LogP contribution in [-0.4, -0.2) is 65.7 Å². The molecule has 0 bridgehead atoms. The van der Waals surface area contributed by atoms with Crippen LogP contribution in [0.3, 0.4) is 0 Å². The van der Waals surface area contributed by atoms with Gasteiger partial charge in [-0.2, -0.15) is 15.5 Å². The lowest BCUT2D eigenvalue weighted by Gasteiger charge is -2.19. The molecule has 14 heteroatoms. The standard InChI is InChI=1S/C18H23N5O3.C18H20N4O2/c1-12-6-13(2)8-14(7-12)11-26-18(24)22-4-3-5-23-15(10-22)9-16(20-23)17(19)21-25;1-13-6-14(2)8-15(7-13)12-24-18(23)21-4-3-5-22-17(11-21)9-16(10-19)20-22/h6-9,25H,3-5,10-11H2,1-2H3,(H2,19,21);6-9H,3-5,11-12H2,1-2H3. The first-order valence-electron chi connectivity index (χ1n) is 16.5. The van der Waals surface area contributed by atoms with Gasteiger partial charge < -0.3 is 30.2 Å². The van der Waals surface area contributed by atoms with E-state index in [4.69, 9.17) is 25.7 Å². The first-order chi connectivity index (χ1) is 24.0. The summed E-state index contributed by atoms with van der Waals surface area (Å²) in [7, 11) is 0. The number of nitrogens with two attached hydrogens (primary N) is 1. The normalized spacial score (nSPS) is 14.3. The molecule has 4 heterocycles. The van der Waals surface area contributed by atoms with Gasteiger partial charge in [0.2, 0.25) is 0 Å². The van der Waals surface area contributed by atoms with Gasteiger partial charge in [0.15, 0.2) is 11.5 Å². The Morgan fingerprint density at radius 1 is 0.760 bits per heavy atom. The number of rotatable bonds is 5. The molecule has 2 amide bonds. The fourth-order valence-electron chi connectivity index (χ4n) is 6.24. The predicted molar refractivity (Wildman–Crippen MR) is 184 cm³/mol. The molecule has 0 spiro atoms. The van der Waals surface area contributed by atoms with Crippen molar-refractivity contribution in [1.29, 1.82) is 5.26 Å². The van der Waals surface area contributed by atoms with Gasteiger partial charge in [0, 0.05) is 26.2 Å². The highest BCUT2D eigenvalue weighted by molar-refractivity contribution is 5.95. The summed E-state index contributed by atoms with van der Waals surface area (Å²) < 4.78 is 14.5. The molecule has 4 aromatic rings. The average molecular weight is 682 g/mol. The summed E-state index contributed by atoms with van der Waals surface area (Å²) in [5, 5.41) is 29.2. The Kier molecular flexibility index (Phi) is 11.4. The van der Waals surface area contributed by atoms with E-state index in [0.717, 1.165) is 57.6 Å². The second kappa shape index (κ2) is 16.0. The summed E-state index contributed by atoms with van der Waals surface area (Å²) in [6, 6.07) is 17.8. The number of benzene rings is 2. The Hall–Kier alpha value is -5.84. The molecular formula is C36H43N9O5. The summed E-state index contributed by atoms with van der Waals surface area (Å²) in [4.78, 5) is 28.2. The Morgan fingerprint density at radius 3 is 1.68 bits per heavy atom. The van der Waals surface area contributed by atoms with Crippen LogP contribution in [0.2, 0.25) is 0 Å². The zero-order valence-corrected chi connectivity index (χ0v) is 28.9. The monoisotopic (exact) mass is 681 g/mol. The van der Waals surface area contributed by atoms with Crippen LogP contribution in [0.25, 0.3) is 0 Å². The average Bonchev–Trinajstić information content (AvgIpc) is 3.53. The first kappa shape index (κ1) is 35.5. The van der Waals surface area contributed by atoms with E-state index < -0.39 is 0 Å². The number of nitrogens with zero attached hydrogens (tertiary/aromatic N) is 8.